The molecule has 0 radical (unpaired) electrons. The van der Waals surface area contributed by atoms with E-state index in [4.69, 9.17) is 4.74 Å². The predicted molar refractivity (Wildman–Crippen MR) is 91.5 cm³/mol. The second-order valence-corrected chi connectivity index (χ2v) is 6.75. The van der Waals surface area contributed by atoms with Crippen LogP contribution in [0.4, 0.5) is 11.4 Å². The summed E-state index contributed by atoms with van der Waals surface area (Å²) in [5.74, 6) is 0.650. The summed E-state index contributed by atoms with van der Waals surface area (Å²) in [5.41, 5.74) is 1.83. The van der Waals surface area contributed by atoms with Gasteiger partial charge in [0, 0.05) is 15.9 Å². The number of ether oxygens (including phenoxy) is 1. The number of benzene rings is 1. The summed E-state index contributed by atoms with van der Waals surface area (Å²) < 4.78 is 5.50. The highest BCUT2D eigenvalue weighted by atomic mass is 32.1. The highest BCUT2D eigenvalue weighted by Gasteiger charge is 2.23. The molecule has 0 spiro atoms. The van der Waals surface area contributed by atoms with E-state index in [1.807, 2.05) is 11.4 Å². The first-order valence-electron chi connectivity index (χ1n) is 7.45. The molecule has 2 N–H and O–H groups in total. The van der Waals surface area contributed by atoms with Crippen molar-refractivity contribution in [1.82, 2.24) is 0 Å². The number of rotatable bonds is 3. The maximum Gasteiger partial charge on any atom is 0.265 e. The van der Waals surface area contributed by atoms with Gasteiger partial charge < -0.3 is 15.4 Å². The number of nitrogens with one attached hydrogen (secondary N) is 2. The van der Waals surface area contributed by atoms with E-state index >= 15 is 0 Å². The van der Waals surface area contributed by atoms with Crippen molar-refractivity contribution in [3.63, 3.8) is 0 Å². The van der Waals surface area contributed by atoms with Gasteiger partial charge in [-0.2, -0.15) is 0 Å². The maximum absolute atomic E-state index is 12.3. The molecular formula is C17H18N2O3S. The van der Waals surface area contributed by atoms with Crippen molar-refractivity contribution in [1.29, 1.82) is 0 Å². The van der Waals surface area contributed by atoms with Crippen LogP contribution in [0.1, 0.15) is 41.9 Å². The molecule has 2 aromatic rings. The zero-order valence-corrected chi connectivity index (χ0v) is 14.0. The molecule has 120 valence electrons. The molecule has 0 bridgehead atoms. The summed E-state index contributed by atoms with van der Waals surface area (Å²) in [7, 11) is 0. The van der Waals surface area contributed by atoms with E-state index in [0.717, 1.165) is 0 Å². The third kappa shape index (κ3) is 3.22. The average molecular weight is 330 g/mol. The number of hydrogen-bond acceptors (Lipinski definition) is 4. The number of hydrogen-bond donors (Lipinski definition) is 2. The molecule has 6 heteroatoms. The predicted octanol–water partition coefficient (Wildman–Crippen LogP) is 3.84. The first-order chi connectivity index (χ1) is 10.9. The lowest BCUT2D eigenvalue weighted by Gasteiger charge is -2.23. The fourth-order valence-corrected chi connectivity index (χ4v) is 3.17. The van der Waals surface area contributed by atoms with E-state index in [1.165, 1.54) is 4.88 Å². The topological polar surface area (TPSA) is 67.4 Å². The third-order valence-corrected chi connectivity index (χ3v) is 4.85. The van der Waals surface area contributed by atoms with Crippen LogP contribution in [0.5, 0.6) is 5.75 Å². The Morgan fingerprint density at radius 1 is 1.35 bits per heavy atom. The lowest BCUT2D eigenvalue weighted by Crippen LogP contribution is -2.34. The van der Waals surface area contributed by atoms with Crippen molar-refractivity contribution >= 4 is 34.5 Å². The van der Waals surface area contributed by atoms with Crippen molar-refractivity contribution in [3.05, 3.63) is 40.1 Å². The lowest BCUT2D eigenvalue weighted by molar-refractivity contribution is -0.122. The van der Waals surface area contributed by atoms with Crippen molar-refractivity contribution in [3.8, 4) is 5.75 Å². The van der Waals surface area contributed by atoms with Crippen LogP contribution >= 0.6 is 11.3 Å². The molecule has 3 rings (SSSR count). The summed E-state index contributed by atoms with van der Waals surface area (Å²) in [5, 5.41) is 7.47. The van der Waals surface area contributed by atoms with Gasteiger partial charge in [0.2, 0.25) is 0 Å². The molecule has 0 saturated heterocycles. The van der Waals surface area contributed by atoms with Crippen LogP contribution in [-0.4, -0.2) is 17.9 Å². The first kappa shape index (κ1) is 15.6. The summed E-state index contributed by atoms with van der Waals surface area (Å²) >= 11 is 1.58. The first-order valence-corrected chi connectivity index (χ1v) is 8.33. The van der Waals surface area contributed by atoms with Gasteiger partial charge in [0.1, 0.15) is 5.75 Å². The average Bonchev–Trinajstić information content (AvgIpc) is 2.99. The van der Waals surface area contributed by atoms with Gasteiger partial charge in [-0.15, -0.1) is 11.3 Å². The van der Waals surface area contributed by atoms with Gasteiger partial charge >= 0.3 is 0 Å². The molecule has 0 unspecified atom stereocenters. The Morgan fingerprint density at radius 2 is 2.13 bits per heavy atom. The number of fused-ring (bicyclic) bond motifs is 1. The molecule has 1 atom stereocenters. The molecule has 0 saturated carbocycles. The molecule has 0 fully saturated rings. The zero-order valence-electron chi connectivity index (χ0n) is 13.2. The number of amides is 2. The molecule has 1 aliphatic rings. The summed E-state index contributed by atoms with van der Waals surface area (Å²) in [4.78, 5) is 25.1. The molecule has 2 heterocycles. The molecular weight excluding hydrogens is 312 g/mol. The standard InChI is InChI=1S/C17H18N2O3S/c1-9(2)15-6-11(8-23-15)17(21)18-12-4-5-14-13(7-12)19-16(20)10(3)22-14/h4-10H,1-3H3,(H,18,21)(H,19,20)/t10-/m1/s1. The van der Waals surface area contributed by atoms with Crippen LogP contribution in [0.15, 0.2) is 29.6 Å². The van der Waals surface area contributed by atoms with Gasteiger partial charge in [0.25, 0.3) is 11.8 Å². The van der Waals surface area contributed by atoms with Crippen LogP contribution < -0.4 is 15.4 Å². The molecule has 23 heavy (non-hydrogen) atoms. The minimum absolute atomic E-state index is 0.162. The Labute approximate surface area is 138 Å². The fourth-order valence-electron chi connectivity index (χ4n) is 2.26. The van der Waals surface area contributed by atoms with Crippen LogP contribution in [0.2, 0.25) is 0 Å². The van der Waals surface area contributed by atoms with Gasteiger partial charge in [-0.3, -0.25) is 9.59 Å². The van der Waals surface area contributed by atoms with Crippen molar-refractivity contribution in [2.45, 2.75) is 32.8 Å². The summed E-state index contributed by atoms with van der Waals surface area (Å²) in [6, 6.07) is 7.12. The maximum atomic E-state index is 12.3. The van der Waals surface area contributed by atoms with Gasteiger partial charge in [-0.05, 0) is 37.1 Å². The fraction of sp³-hybridized carbons (Fsp3) is 0.294. The zero-order chi connectivity index (χ0) is 16.6. The highest BCUT2D eigenvalue weighted by Crippen LogP contribution is 2.32. The quantitative estimate of drug-likeness (QED) is 0.898. The number of anilines is 2. The molecule has 5 nitrogen and oxygen atoms in total. The van der Waals surface area contributed by atoms with Crippen LogP contribution in [0, 0.1) is 0 Å². The Hall–Kier alpha value is -2.34. The van der Waals surface area contributed by atoms with Crippen LogP contribution in [0.3, 0.4) is 0 Å². The van der Waals surface area contributed by atoms with Crippen molar-refractivity contribution < 1.29 is 14.3 Å². The molecule has 1 aliphatic heterocycles. The van der Waals surface area contributed by atoms with E-state index < -0.39 is 6.10 Å². The highest BCUT2D eigenvalue weighted by molar-refractivity contribution is 7.10. The smallest absolute Gasteiger partial charge is 0.265 e. The Morgan fingerprint density at radius 3 is 2.83 bits per heavy atom. The number of carbonyl (C=O) groups is 2. The molecule has 1 aromatic heterocycles. The number of thiophene rings is 1. The number of carbonyl (C=O) groups excluding carboxylic acids is 2. The minimum Gasteiger partial charge on any atom is -0.479 e. The monoisotopic (exact) mass is 330 g/mol. The van der Waals surface area contributed by atoms with E-state index in [9.17, 15) is 9.59 Å². The van der Waals surface area contributed by atoms with E-state index in [1.54, 1.807) is 36.5 Å². The molecule has 1 aromatic carbocycles. The Bertz CT molecular complexity index is 767. The van der Waals surface area contributed by atoms with Crippen molar-refractivity contribution in [2.24, 2.45) is 0 Å². The summed E-state index contributed by atoms with van der Waals surface area (Å²) in [6.07, 6.45) is -0.511. The van der Waals surface area contributed by atoms with E-state index in [2.05, 4.69) is 24.5 Å². The Balaban J connectivity index is 1.76. The van der Waals surface area contributed by atoms with Crippen molar-refractivity contribution in [2.75, 3.05) is 10.6 Å². The molecule has 2 amide bonds. The largest absolute Gasteiger partial charge is 0.479 e. The summed E-state index contributed by atoms with van der Waals surface area (Å²) in [6.45, 7) is 5.89. The van der Waals surface area contributed by atoms with Crippen LogP contribution in [0.25, 0.3) is 0 Å². The second-order valence-electron chi connectivity index (χ2n) is 5.81. The van der Waals surface area contributed by atoms with E-state index in [0.29, 0.717) is 28.6 Å². The van der Waals surface area contributed by atoms with Gasteiger partial charge in [0.05, 0.1) is 11.3 Å². The van der Waals surface area contributed by atoms with Gasteiger partial charge in [-0.1, -0.05) is 13.8 Å². The SMILES string of the molecule is CC(C)c1cc(C(=O)Nc2ccc3c(c2)NC(=O)[C@@H](C)O3)cs1. The minimum atomic E-state index is -0.511. The second kappa shape index (κ2) is 6.04. The van der Waals surface area contributed by atoms with Crippen LogP contribution in [-0.2, 0) is 4.79 Å². The van der Waals surface area contributed by atoms with Gasteiger partial charge in [-0.25, -0.2) is 0 Å². The normalized spacial score (nSPS) is 16.5. The van der Waals surface area contributed by atoms with E-state index in [-0.39, 0.29) is 11.8 Å². The third-order valence-electron chi connectivity index (χ3n) is 3.62. The Kier molecular flexibility index (Phi) is 4.09. The van der Waals surface area contributed by atoms with Gasteiger partial charge in [0.15, 0.2) is 6.10 Å². The lowest BCUT2D eigenvalue weighted by atomic mass is 10.1. The molecule has 0 aliphatic carbocycles.